The van der Waals surface area contributed by atoms with Crippen LogP contribution in [0.4, 0.5) is 0 Å². The summed E-state index contributed by atoms with van der Waals surface area (Å²) >= 11 is 0. The first-order valence-electron chi connectivity index (χ1n) is 5.11. The molecule has 0 radical (unpaired) electrons. The number of rotatable bonds is 1. The van der Waals surface area contributed by atoms with Crippen molar-refractivity contribution in [1.82, 2.24) is 15.2 Å². The van der Waals surface area contributed by atoms with Crippen LogP contribution in [0.25, 0.3) is 0 Å². The number of hydrogen-bond acceptors (Lipinski definition) is 4. The lowest BCUT2D eigenvalue weighted by molar-refractivity contribution is -0.135. The molecule has 0 aromatic carbocycles. The summed E-state index contributed by atoms with van der Waals surface area (Å²) in [6, 6.07) is 3.27. The second kappa shape index (κ2) is 4.32. The van der Waals surface area contributed by atoms with E-state index >= 15 is 0 Å². The van der Waals surface area contributed by atoms with Gasteiger partial charge in [0, 0.05) is 11.9 Å². The Hall–Kier alpha value is -2.24. The van der Waals surface area contributed by atoms with Gasteiger partial charge in [0.2, 0.25) is 11.8 Å². The first kappa shape index (κ1) is 11.3. The van der Waals surface area contributed by atoms with Crippen LogP contribution < -0.4 is 5.32 Å². The smallest absolute Gasteiger partial charge is 0.256 e. The minimum absolute atomic E-state index is 0.0983. The number of amides is 3. The summed E-state index contributed by atoms with van der Waals surface area (Å²) in [6.45, 7) is 1.51. The molecule has 2 rings (SSSR count). The lowest BCUT2D eigenvalue weighted by atomic mass is 10.1. The summed E-state index contributed by atoms with van der Waals surface area (Å²) in [4.78, 5) is 39.6. The number of imide groups is 1. The summed E-state index contributed by atoms with van der Waals surface area (Å²) in [5, 5.41) is 2.14. The number of carbonyl (C=O) groups is 3. The van der Waals surface area contributed by atoms with E-state index in [-0.39, 0.29) is 19.0 Å². The monoisotopic (exact) mass is 233 g/mol. The quantitative estimate of drug-likeness (QED) is 0.662. The number of piperazine rings is 1. The highest BCUT2D eigenvalue weighted by molar-refractivity contribution is 6.05. The summed E-state index contributed by atoms with van der Waals surface area (Å²) in [7, 11) is 0. The Morgan fingerprint density at radius 2 is 2.00 bits per heavy atom. The molecular weight excluding hydrogens is 222 g/mol. The van der Waals surface area contributed by atoms with E-state index in [0.717, 1.165) is 0 Å². The first-order valence-corrected chi connectivity index (χ1v) is 5.11. The molecule has 0 bridgehead atoms. The number of hydrogen-bond donors (Lipinski definition) is 1. The standard InChI is InChI=1S/C11H11N3O3/c1-7-8(3-2-4-12-7)11(17)14-5-9(15)13-10(16)6-14/h2-4H,5-6H2,1H3,(H,13,15,16). The van der Waals surface area contributed by atoms with Crippen molar-refractivity contribution < 1.29 is 14.4 Å². The molecule has 3 amide bonds. The average Bonchev–Trinajstić information content (AvgIpc) is 2.27. The van der Waals surface area contributed by atoms with Gasteiger partial charge in [0.15, 0.2) is 0 Å². The van der Waals surface area contributed by atoms with Crippen molar-refractivity contribution in [2.24, 2.45) is 0 Å². The van der Waals surface area contributed by atoms with Gasteiger partial charge in [0.1, 0.15) is 13.1 Å². The molecule has 1 aromatic heterocycles. The van der Waals surface area contributed by atoms with Crippen molar-refractivity contribution in [3.05, 3.63) is 29.6 Å². The molecule has 0 unspecified atom stereocenters. The Morgan fingerprint density at radius 1 is 1.35 bits per heavy atom. The summed E-state index contributed by atoms with van der Waals surface area (Å²) < 4.78 is 0. The van der Waals surface area contributed by atoms with E-state index in [9.17, 15) is 14.4 Å². The molecule has 0 atom stereocenters. The number of nitrogens with zero attached hydrogens (tertiary/aromatic N) is 2. The lowest BCUT2D eigenvalue weighted by Crippen LogP contribution is -2.53. The minimum atomic E-state index is -0.462. The summed E-state index contributed by atoms with van der Waals surface area (Å²) in [5.74, 6) is -1.27. The normalized spacial score (nSPS) is 15.7. The Balaban J connectivity index is 2.23. The van der Waals surface area contributed by atoms with Crippen molar-refractivity contribution in [3.63, 3.8) is 0 Å². The summed E-state index contributed by atoms with van der Waals surface area (Å²) in [6.07, 6.45) is 1.58. The third-order valence-electron chi connectivity index (χ3n) is 2.47. The molecule has 2 heterocycles. The van der Waals surface area contributed by atoms with E-state index in [1.54, 1.807) is 25.3 Å². The SMILES string of the molecule is Cc1ncccc1C(=O)N1CC(=O)NC(=O)C1. The van der Waals surface area contributed by atoms with Crippen molar-refractivity contribution in [2.45, 2.75) is 6.92 Å². The van der Waals surface area contributed by atoms with Crippen LogP contribution in [0.15, 0.2) is 18.3 Å². The number of nitrogens with one attached hydrogen (secondary N) is 1. The zero-order chi connectivity index (χ0) is 12.4. The molecule has 0 spiro atoms. The number of aromatic nitrogens is 1. The molecule has 6 heteroatoms. The zero-order valence-corrected chi connectivity index (χ0v) is 9.27. The van der Waals surface area contributed by atoms with Gasteiger partial charge in [-0.1, -0.05) is 0 Å². The fraction of sp³-hybridized carbons (Fsp3) is 0.273. The van der Waals surface area contributed by atoms with Crippen molar-refractivity contribution >= 4 is 17.7 Å². The zero-order valence-electron chi connectivity index (χ0n) is 9.27. The van der Waals surface area contributed by atoms with Gasteiger partial charge in [-0.05, 0) is 19.1 Å². The van der Waals surface area contributed by atoms with Gasteiger partial charge >= 0.3 is 0 Å². The van der Waals surface area contributed by atoms with Gasteiger partial charge in [-0.25, -0.2) is 0 Å². The summed E-state index contributed by atoms with van der Waals surface area (Å²) in [5.41, 5.74) is 0.992. The molecule has 6 nitrogen and oxygen atoms in total. The average molecular weight is 233 g/mol. The Bertz CT molecular complexity index is 482. The third-order valence-corrected chi connectivity index (χ3v) is 2.47. The van der Waals surface area contributed by atoms with Crippen LogP contribution in [0.5, 0.6) is 0 Å². The van der Waals surface area contributed by atoms with Gasteiger partial charge in [0.25, 0.3) is 5.91 Å². The van der Waals surface area contributed by atoms with Crippen molar-refractivity contribution in [1.29, 1.82) is 0 Å². The van der Waals surface area contributed by atoms with Crippen LogP contribution in [0.3, 0.4) is 0 Å². The van der Waals surface area contributed by atoms with Gasteiger partial charge in [-0.3, -0.25) is 24.7 Å². The van der Waals surface area contributed by atoms with Gasteiger partial charge < -0.3 is 4.90 Å². The molecular formula is C11H11N3O3. The maximum Gasteiger partial charge on any atom is 0.256 e. The van der Waals surface area contributed by atoms with E-state index in [1.807, 2.05) is 0 Å². The molecule has 1 fully saturated rings. The Kier molecular flexibility index (Phi) is 2.86. The second-order valence-corrected chi connectivity index (χ2v) is 3.77. The molecule has 1 aliphatic rings. The molecule has 1 aromatic rings. The molecule has 0 saturated carbocycles. The van der Waals surface area contributed by atoms with Crippen LogP contribution >= 0.6 is 0 Å². The third kappa shape index (κ3) is 2.30. The topological polar surface area (TPSA) is 79.4 Å². The van der Waals surface area contributed by atoms with Gasteiger partial charge in [-0.15, -0.1) is 0 Å². The maximum absolute atomic E-state index is 12.1. The fourth-order valence-electron chi connectivity index (χ4n) is 1.66. The van der Waals surface area contributed by atoms with Crippen LogP contribution in [0.2, 0.25) is 0 Å². The number of aryl methyl sites for hydroxylation is 1. The molecule has 1 N–H and O–H groups in total. The number of carbonyl (C=O) groups excluding carboxylic acids is 3. The lowest BCUT2D eigenvalue weighted by Gasteiger charge is -2.25. The van der Waals surface area contributed by atoms with E-state index in [0.29, 0.717) is 11.3 Å². The minimum Gasteiger partial charge on any atom is -0.320 e. The highest BCUT2D eigenvalue weighted by Crippen LogP contribution is 2.09. The van der Waals surface area contributed by atoms with Crippen LogP contribution in [0.1, 0.15) is 16.1 Å². The van der Waals surface area contributed by atoms with Gasteiger partial charge in [-0.2, -0.15) is 0 Å². The largest absolute Gasteiger partial charge is 0.320 e. The Morgan fingerprint density at radius 3 is 2.59 bits per heavy atom. The van der Waals surface area contributed by atoms with Crippen LogP contribution in [-0.2, 0) is 9.59 Å². The maximum atomic E-state index is 12.1. The van der Waals surface area contributed by atoms with Crippen molar-refractivity contribution in [3.8, 4) is 0 Å². The highest BCUT2D eigenvalue weighted by Gasteiger charge is 2.27. The first-order chi connectivity index (χ1) is 8.08. The van der Waals surface area contributed by atoms with E-state index in [1.165, 1.54) is 4.90 Å². The molecule has 17 heavy (non-hydrogen) atoms. The van der Waals surface area contributed by atoms with Gasteiger partial charge in [0.05, 0.1) is 5.56 Å². The molecule has 1 aliphatic heterocycles. The van der Waals surface area contributed by atoms with E-state index in [2.05, 4.69) is 10.3 Å². The van der Waals surface area contributed by atoms with Crippen molar-refractivity contribution in [2.75, 3.05) is 13.1 Å². The second-order valence-electron chi connectivity index (χ2n) is 3.77. The highest BCUT2D eigenvalue weighted by atomic mass is 16.2. The predicted octanol–water partition coefficient (Wildman–Crippen LogP) is -0.511. The number of pyridine rings is 1. The van der Waals surface area contributed by atoms with Crippen LogP contribution in [-0.4, -0.2) is 40.7 Å². The van der Waals surface area contributed by atoms with E-state index < -0.39 is 11.8 Å². The Labute approximate surface area is 97.6 Å². The molecule has 88 valence electrons. The predicted molar refractivity (Wildman–Crippen MR) is 58.0 cm³/mol. The van der Waals surface area contributed by atoms with E-state index in [4.69, 9.17) is 0 Å². The fourth-order valence-corrected chi connectivity index (χ4v) is 1.66. The van der Waals surface area contributed by atoms with Crippen LogP contribution in [0, 0.1) is 6.92 Å². The molecule has 0 aliphatic carbocycles. The molecule has 1 saturated heterocycles.